The Bertz CT molecular complexity index is 745. The van der Waals surface area contributed by atoms with E-state index in [1.54, 1.807) is 12.1 Å². The van der Waals surface area contributed by atoms with Gasteiger partial charge in [-0.15, -0.1) is 0 Å². The van der Waals surface area contributed by atoms with E-state index in [-0.39, 0.29) is 11.5 Å². The van der Waals surface area contributed by atoms with Gasteiger partial charge in [-0.1, -0.05) is 12.1 Å². The van der Waals surface area contributed by atoms with Crippen LogP contribution in [0.2, 0.25) is 0 Å². The molecule has 0 saturated carbocycles. The Morgan fingerprint density at radius 1 is 1.24 bits per heavy atom. The average molecular weight is 286 g/mol. The number of nitrogens with one attached hydrogen (secondary N) is 2. The molecule has 0 radical (unpaired) electrons. The number of rotatable bonds is 3. The second kappa shape index (κ2) is 4.90. The fourth-order valence-corrected chi connectivity index (χ4v) is 2.29. The molecule has 21 heavy (non-hydrogen) atoms. The maximum Gasteiger partial charge on any atom is 0.335 e. The number of amides is 1. The van der Waals surface area contributed by atoms with E-state index >= 15 is 0 Å². The van der Waals surface area contributed by atoms with E-state index in [1.807, 2.05) is 0 Å². The number of halogens is 1. The quantitative estimate of drug-likeness (QED) is 0.810. The minimum Gasteiger partial charge on any atom is -0.478 e. The molecule has 2 aromatic rings. The highest BCUT2D eigenvalue weighted by atomic mass is 19.1. The summed E-state index contributed by atoms with van der Waals surface area (Å²) in [5.74, 6) is -1.78. The number of hydrogen-bond acceptors (Lipinski definition) is 3. The van der Waals surface area contributed by atoms with E-state index in [9.17, 15) is 14.0 Å². The van der Waals surface area contributed by atoms with Gasteiger partial charge in [0.2, 0.25) is 0 Å². The molecular weight excluding hydrogens is 275 g/mol. The van der Waals surface area contributed by atoms with Crippen molar-refractivity contribution in [1.82, 2.24) is 0 Å². The fraction of sp³-hybridized carbons (Fsp3) is 0.0667. The van der Waals surface area contributed by atoms with E-state index in [4.69, 9.17) is 5.11 Å². The van der Waals surface area contributed by atoms with E-state index in [0.29, 0.717) is 16.9 Å². The lowest BCUT2D eigenvalue weighted by molar-refractivity contribution is -0.116. The van der Waals surface area contributed by atoms with Gasteiger partial charge in [-0.25, -0.2) is 9.18 Å². The minimum atomic E-state index is -1.04. The van der Waals surface area contributed by atoms with Gasteiger partial charge in [0.1, 0.15) is 11.9 Å². The third kappa shape index (κ3) is 2.43. The largest absolute Gasteiger partial charge is 0.478 e. The molecule has 3 rings (SSSR count). The van der Waals surface area contributed by atoms with Crippen LogP contribution in [0.25, 0.3) is 0 Å². The van der Waals surface area contributed by atoms with Gasteiger partial charge in [-0.2, -0.15) is 0 Å². The van der Waals surface area contributed by atoms with Gasteiger partial charge >= 0.3 is 5.97 Å². The van der Waals surface area contributed by atoms with Gasteiger partial charge in [0.15, 0.2) is 0 Å². The number of fused-ring (bicyclic) bond motifs is 1. The van der Waals surface area contributed by atoms with Crippen molar-refractivity contribution in [3.63, 3.8) is 0 Å². The molecule has 1 aliphatic heterocycles. The molecule has 1 aliphatic rings. The third-order valence-electron chi connectivity index (χ3n) is 3.27. The summed E-state index contributed by atoms with van der Waals surface area (Å²) in [5, 5.41) is 14.5. The summed E-state index contributed by atoms with van der Waals surface area (Å²) in [7, 11) is 0. The monoisotopic (exact) mass is 286 g/mol. The first-order valence-corrected chi connectivity index (χ1v) is 6.25. The van der Waals surface area contributed by atoms with Crippen LogP contribution >= 0.6 is 0 Å². The molecule has 1 amide bonds. The summed E-state index contributed by atoms with van der Waals surface area (Å²) in [6, 6.07) is 9.55. The summed E-state index contributed by atoms with van der Waals surface area (Å²) in [6.07, 6.45) is 0. The van der Waals surface area contributed by atoms with E-state index in [2.05, 4.69) is 10.6 Å². The van der Waals surface area contributed by atoms with Gasteiger partial charge in [0.05, 0.1) is 5.56 Å². The Kier molecular flexibility index (Phi) is 3.06. The predicted octanol–water partition coefficient (Wildman–Crippen LogP) is 2.63. The zero-order valence-electron chi connectivity index (χ0n) is 10.8. The minimum absolute atomic E-state index is 0.123. The molecule has 106 valence electrons. The number of hydrogen-bond donors (Lipinski definition) is 3. The number of benzene rings is 2. The Morgan fingerprint density at radius 3 is 2.81 bits per heavy atom. The van der Waals surface area contributed by atoms with Crippen molar-refractivity contribution in [2.75, 3.05) is 10.6 Å². The van der Waals surface area contributed by atoms with Crippen LogP contribution in [0.1, 0.15) is 22.0 Å². The van der Waals surface area contributed by atoms with Crippen LogP contribution in [0.3, 0.4) is 0 Å². The molecule has 6 heteroatoms. The molecule has 5 nitrogen and oxygen atoms in total. The van der Waals surface area contributed by atoms with Crippen molar-refractivity contribution >= 4 is 23.3 Å². The van der Waals surface area contributed by atoms with Crippen molar-refractivity contribution in [1.29, 1.82) is 0 Å². The number of carboxylic acids is 1. The van der Waals surface area contributed by atoms with Gasteiger partial charge < -0.3 is 15.7 Å². The Balaban J connectivity index is 1.91. The maximum absolute atomic E-state index is 13.1. The molecule has 3 N–H and O–H groups in total. The molecule has 0 aromatic heterocycles. The van der Waals surface area contributed by atoms with Gasteiger partial charge in [0, 0.05) is 16.9 Å². The molecular formula is C15H11FN2O3. The Hall–Kier alpha value is -2.89. The molecule has 1 unspecified atom stereocenters. The number of carboxylic acid groups (broad SMARTS) is 1. The van der Waals surface area contributed by atoms with Crippen LogP contribution in [0.15, 0.2) is 42.5 Å². The highest BCUT2D eigenvalue weighted by molar-refractivity contribution is 6.04. The first-order valence-electron chi connectivity index (χ1n) is 6.25. The Labute approximate surface area is 119 Å². The first kappa shape index (κ1) is 13.1. The topological polar surface area (TPSA) is 78.4 Å². The molecule has 0 spiro atoms. The molecule has 2 aromatic carbocycles. The lowest BCUT2D eigenvalue weighted by Crippen LogP contribution is -2.19. The summed E-state index contributed by atoms with van der Waals surface area (Å²) in [5.41, 5.74) is 1.68. The van der Waals surface area contributed by atoms with Crippen molar-refractivity contribution in [3.8, 4) is 0 Å². The van der Waals surface area contributed by atoms with E-state index in [0.717, 1.165) is 0 Å². The lowest BCUT2D eigenvalue weighted by atomic mass is 10.1. The number of aromatic carboxylic acids is 1. The van der Waals surface area contributed by atoms with Crippen molar-refractivity contribution in [3.05, 3.63) is 59.4 Å². The maximum atomic E-state index is 13.1. The van der Waals surface area contributed by atoms with Crippen molar-refractivity contribution in [2.45, 2.75) is 6.04 Å². The van der Waals surface area contributed by atoms with Crippen LogP contribution in [0, 0.1) is 5.82 Å². The van der Waals surface area contributed by atoms with Gasteiger partial charge in [-0.3, -0.25) is 4.79 Å². The highest BCUT2D eigenvalue weighted by Gasteiger charge is 2.30. The Morgan fingerprint density at radius 2 is 2.05 bits per heavy atom. The van der Waals surface area contributed by atoms with E-state index in [1.165, 1.54) is 30.3 Å². The number of carbonyl (C=O) groups is 2. The summed E-state index contributed by atoms with van der Waals surface area (Å²) in [4.78, 5) is 22.9. The van der Waals surface area contributed by atoms with Crippen molar-refractivity contribution < 1.29 is 19.1 Å². The molecule has 0 fully saturated rings. The van der Waals surface area contributed by atoms with Crippen LogP contribution in [0.5, 0.6) is 0 Å². The van der Waals surface area contributed by atoms with Crippen LogP contribution in [-0.2, 0) is 4.79 Å². The lowest BCUT2D eigenvalue weighted by Gasteiger charge is -2.13. The second-order valence-electron chi connectivity index (χ2n) is 4.68. The average Bonchev–Trinajstić information content (AvgIpc) is 2.74. The highest BCUT2D eigenvalue weighted by Crippen LogP contribution is 2.33. The molecule has 1 atom stereocenters. The standard InChI is InChI=1S/C15H11FN2O3/c16-9-4-5-11-12(7-9)18-14(19)13(11)17-10-3-1-2-8(6-10)15(20)21/h1-7,13,17H,(H,18,19)(H,20,21). The van der Waals surface area contributed by atoms with Crippen molar-refractivity contribution in [2.24, 2.45) is 0 Å². The molecule has 0 bridgehead atoms. The zero-order valence-corrected chi connectivity index (χ0v) is 10.8. The van der Waals surface area contributed by atoms with Gasteiger partial charge in [0.25, 0.3) is 5.91 Å². The van der Waals surface area contributed by atoms with E-state index < -0.39 is 17.8 Å². The normalized spacial score (nSPS) is 16.2. The smallest absolute Gasteiger partial charge is 0.335 e. The zero-order chi connectivity index (χ0) is 15.0. The predicted molar refractivity (Wildman–Crippen MR) is 74.8 cm³/mol. The fourth-order valence-electron chi connectivity index (χ4n) is 2.29. The van der Waals surface area contributed by atoms with Crippen LogP contribution < -0.4 is 10.6 Å². The third-order valence-corrected chi connectivity index (χ3v) is 3.27. The summed E-state index contributed by atoms with van der Waals surface area (Å²) >= 11 is 0. The van der Waals surface area contributed by atoms with Crippen LogP contribution in [-0.4, -0.2) is 17.0 Å². The van der Waals surface area contributed by atoms with Gasteiger partial charge in [-0.05, 0) is 30.3 Å². The molecule has 1 heterocycles. The number of anilines is 2. The SMILES string of the molecule is O=C(O)c1cccc(NC2C(=O)Nc3cc(F)ccc32)c1. The summed E-state index contributed by atoms with van der Waals surface area (Å²) < 4.78 is 13.1. The summed E-state index contributed by atoms with van der Waals surface area (Å²) in [6.45, 7) is 0. The second-order valence-corrected chi connectivity index (χ2v) is 4.68. The molecule has 0 aliphatic carbocycles. The van der Waals surface area contributed by atoms with Crippen LogP contribution in [0.4, 0.5) is 15.8 Å². The number of carbonyl (C=O) groups excluding carboxylic acids is 1. The first-order chi connectivity index (χ1) is 10.0. The molecule has 0 saturated heterocycles.